The predicted octanol–water partition coefficient (Wildman–Crippen LogP) is 1.14. The second-order valence-electron chi connectivity index (χ2n) is 5.28. The maximum absolute atomic E-state index is 11.8. The van der Waals surface area contributed by atoms with Crippen LogP contribution in [0.15, 0.2) is 41.0 Å². The Balaban J connectivity index is 1.46. The number of hydrogen-bond donors (Lipinski definition) is 3. The molecule has 0 saturated heterocycles. The lowest BCUT2D eigenvalue weighted by molar-refractivity contribution is -0.140. The van der Waals surface area contributed by atoms with Crippen molar-refractivity contribution >= 4 is 35.4 Å². The number of benzene rings is 1. The van der Waals surface area contributed by atoms with Crippen LogP contribution in [0.4, 0.5) is 0 Å². The van der Waals surface area contributed by atoms with Crippen molar-refractivity contribution < 1.29 is 28.3 Å². The van der Waals surface area contributed by atoms with Crippen LogP contribution in [-0.4, -0.2) is 24.5 Å². The Morgan fingerprint density at radius 3 is 2.78 bits per heavy atom. The zero-order chi connectivity index (χ0) is 19.2. The van der Waals surface area contributed by atoms with Crippen molar-refractivity contribution in [1.82, 2.24) is 16.2 Å². The number of ether oxygens (including phenoxy) is 2. The Bertz CT molecular complexity index is 894. The molecule has 0 saturated carbocycles. The summed E-state index contributed by atoms with van der Waals surface area (Å²) in [5, 5.41) is 2.70. The summed E-state index contributed by atoms with van der Waals surface area (Å²) < 4.78 is 15.4. The second-order valence-corrected chi connectivity index (χ2v) is 5.68. The van der Waals surface area contributed by atoms with E-state index in [2.05, 4.69) is 10.7 Å². The molecule has 1 aromatic carbocycles. The van der Waals surface area contributed by atoms with Gasteiger partial charge in [-0.15, -0.1) is 0 Å². The number of nitrogens with one attached hydrogen (secondary N) is 3. The quantitative estimate of drug-likeness (QED) is 0.408. The highest BCUT2D eigenvalue weighted by atomic mass is 35.5. The van der Waals surface area contributed by atoms with E-state index in [1.807, 2.05) is 5.43 Å². The first-order valence-electron chi connectivity index (χ1n) is 7.70. The molecule has 10 heteroatoms. The molecular weight excluding hydrogens is 378 g/mol. The van der Waals surface area contributed by atoms with Crippen LogP contribution in [-0.2, 0) is 20.9 Å². The molecule has 1 aromatic heterocycles. The summed E-state index contributed by atoms with van der Waals surface area (Å²) in [6, 6.07) is 6.55. The van der Waals surface area contributed by atoms with Gasteiger partial charge in [-0.25, -0.2) is 0 Å². The van der Waals surface area contributed by atoms with E-state index in [0.29, 0.717) is 27.8 Å². The lowest BCUT2D eigenvalue weighted by Crippen LogP contribution is -2.47. The summed E-state index contributed by atoms with van der Waals surface area (Å²) in [6.07, 6.45) is 4.07. The predicted molar refractivity (Wildman–Crippen MR) is 93.4 cm³/mol. The van der Waals surface area contributed by atoms with Crippen LogP contribution in [0.1, 0.15) is 11.3 Å². The van der Waals surface area contributed by atoms with Gasteiger partial charge in [0.15, 0.2) is 11.5 Å². The summed E-state index contributed by atoms with van der Waals surface area (Å²) >= 11 is 6.05. The number of fused-ring (bicyclic) bond motifs is 1. The van der Waals surface area contributed by atoms with E-state index in [-0.39, 0.29) is 13.3 Å². The number of carbonyl (C=O) groups excluding carboxylic acids is 3. The summed E-state index contributed by atoms with van der Waals surface area (Å²) in [5.41, 5.74) is 4.69. The van der Waals surface area contributed by atoms with Gasteiger partial charge < -0.3 is 19.2 Å². The molecule has 9 nitrogen and oxygen atoms in total. The SMILES string of the molecule is O=C(/C=C/c1cc(Cl)c2c(c1)OCO2)NNC(=O)C(=O)NCc1ccco1. The number of rotatable bonds is 4. The Morgan fingerprint density at radius 1 is 1.15 bits per heavy atom. The number of hydrogen-bond acceptors (Lipinski definition) is 6. The molecule has 3 N–H and O–H groups in total. The lowest BCUT2D eigenvalue weighted by atomic mass is 10.2. The molecule has 0 aliphatic carbocycles. The molecule has 2 aromatic rings. The monoisotopic (exact) mass is 391 g/mol. The third kappa shape index (κ3) is 4.79. The Kier molecular flexibility index (Phi) is 5.62. The number of amides is 3. The van der Waals surface area contributed by atoms with Gasteiger partial charge in [-0.05, 0) is 35.9 Å². The fourth-order valence-corrected chi connectivity index (χ4v) is 2.41. The van der Waals surface area contributed by atoms with Gasteiger partial charge in [-0.2, -0.15) is 0 Å². The van der Waals surface area contributed by atoms with E-state index in [9.17, 15) is 14.4 Å². The van der Waals surface area contributed by atoms with Gasteiger partial charge >= 0.3 is 11.8 Å². The fraction of sp³-hybridized carbons (Fsp3) is 0.118. The molecule has 0 radical (unpaired) electrons. The van der Waals surface area contributed by atoms with Crippen molar-refractivity contribution in [3.63, 3.8) is 0 Å². The highest BCUT2D eigenvalue weighted by molar-refractivity contribution is 6.35. The minimum absolute atomic E-state index is 0.0535. The highest BCUT2D eigenvalue weighted by Crippen LogP contribution is 2.39. The van der Waals surface area contributed by atoms with Crippen LogP contribution >= 0.6 is 11.6 Å². The average Bonchev–Trinajstić information content (AvgIpc) is 3.34. The Morgan fingerprint density at radius 2 is 2.00 bits per heavy atom. The third-order valence-corrected chi connectivity index (χ3v) is 3.67. The fourth-order valence-electron chi connectivity index (χ4n) is 2.13. The maximum atomic E-state index is 11.8. The maximum Gasteiger partial charge on any atom is 0.327 e. The standard InChI is InChI=1S/C17H14ClN3O6/c18-12-6-10(7-13-15(12)27-9-26-13)3-4-14(22)20-21-17(24)16(23)19-8-11-2-1-5-25-11/h1-7H,8-9H2,(H,19,23)(H,20,22)(H,21,24)/b4-3+. The van der Waals surface area contributed by atoms with Crippen molar-refractivity contribution in [2.24, 2.45) is 0 Å². The van der Waals surface area contributed by atoms with Gasteiger partial charge in [-0.3, -0.25) is 25.2 Å². The van der Waals surface area contributed by atoms with Crippen molar-refractivity contribution in [1.29, 1.82) is 0 Å². The van der Waals surface area contributed by atoms with Crippen LogP contribution in [0.3, 0.4) is 0 Å². The van der Waals surface area contributed by atoms with E-state index in [1.165, 1.54) is 12.3 Å². The third-order valence-electron chi connectivity index (χ3n) is 3.39. The first-order chi connectivity index (χ1) is 13.0. The molecule has 3 amide bonds. The molecule has 3 rings (SSSR count). The Labute approximate surface area is 158 Å². The van der Waals surface area contributed by atoms with Crippen molar-refractivity contribution in [2.45, 2.75) is 6.54 Å². The van der Waals surface area contributed by atoms with E-state index in [0.717, 1.165) is 6.08 Å². The summed E-state index contributed by atoms with van der Waals surface area (Å²) in [5.74, 6) is -1.16. The Hall–Kier alpha value is -3.46. The molecule has 0 bridgehead atoms. The zero-order valence-corrected chi connectivity index (χ0v) is 14.5. The molecule has 2 heterocycles. The summed E-state index contributed by atoms with van der Waals surface area (Å²) in [7, 11) is 0. The normalized spacial score (nSPS) is 12.0. The average molecular weight is 392 g/mol. The molecule has 27 heavy (non-hydrogen) atoms. The van der Waals surface area contributed by atoms with Crippen LogP contribution in [0.2, 0.25) is 5.02 Å². The molecule has 0 unspecified atom stereocenters. The lowest BCUT2D eigenvalue weighted by Gasteiger charge is -2.05. The van der Waals surface area contributed by atoms with Gasteiger partial charge in [0.05, 0.1) is 17.8 Å². The topological polar surface area (TPSA) is 119 Å². The second kappa shape index (κ2) is 8.28. The molecule has 0 spiro atoms. The van der Waals surface area contributed by atoms with Gasteiger partial charge in [-0.1, -0.05) is 11.6 Å². The van der Waals surface area contributed by atoms with Gasteiger partial charge in [0.2, 0.25) is 6.79 Å². The molecule has 140 valence electrons. The van der Waals surface area contributed by atoms with Crippen molar-refractivity contribution in [3.05, 3.63) is 53.0 Å². The molecule has 0 fully saturated rings. The van der Waals surface area contributed by atoms with E-state index < -0.39 is 17.7 Å². The van der Waals surface area contributed by atoms with Gasteiger partial charge in [0.25, 0.3) is 5.91 Å². The van der Waals surface area contributed by atoms with Gasteiger partial charge in [0, 0.05) is 6.08 Å². The molecule has 1 aliphatic heterocycles. The minimum Gasteiger partial charge on any atom is -0.467 e. The van der Waals surface area contributed by atoms with Crippen molar-refractivity contribution in [2.75, 3.05) is 6.79 Å². The molecule has 1 aliphatic rings. The smallest absolute Gasteiger partial charge is 0.327 e. The first-order valence-corrected chi connectivity index (χ1v) is 8.08. The van der Waals surface area contributed by atoms with E-state index in [4.69, 9.17) is 25.5 Å². The first kappa shape index (κ1) is 18.3. The largest absolute Gasteiger partial charge is 0.467 e. The van der Waals surface area contributed by atoms with Gasteiger partial charge in [0.1, 0.15) is 5.76 Å². The molecular formula is C17H14ClN3O6. The van der Waals surface area contributed by atoms with E-state index in [1.54, 1.807) is 24.3 Å². The number of furan rings is 1. The highest BCUT2D eigenvalue weighted by Gasteiger charge is 2.18. The number of halogens is 1. The van der Waals surface area contributed by atoms with Crippen LogP contribution in [0.25, 0.3) is 6.08 Å². The summed E-state index contributed by atoms with van der Waals surface area (Å²) in [6.45, 7) is 0.134. The van der Waals surface area contributed by atoms with Crippen LogP contribution in [0, 0.1) is 0 Å². The van der Waals surface area contributed by atoms with Crippen molar-refractivity contribution in [3.8, 4) is 11.5 Å². The van der Waals surface area contributed by atoms with Crippen LogP contribution in [0.5, 0.6) is 11.5 Å². The van der Waals surface area contributed by atoms with Crippen LogP contribution < -0.4 is 25.6 Å². The number of carbonyl (C=O) groups is 3. The van der Waals surface area contributed by atoms with E-state index >= 15 is 0 Å². The summed E-state index contributed by atoms with van der Waals surface area (Å²) in [4.78, 5) is 35.0. The zero-order valence-electron chi connectivity index (χ0n) is 13.8. The number of hydrazine groups is 1. The molecule has 0 atom stereocenters. The minimum atomic E-state index is -1.02.